The predicted molar refractivity (Wildman–Crippen MR) is 239 cm³/mol. The van der Waals surface area contributed by atoms with Crippen LogP contribution in [0.4, 0.5) is 0 Å². The molecule has 272 valence electrons. The van der Waals surface area contributed by atoms with Gasteiger partial charge in [-0.1, -0.05) is 146 Å². The number of nitrogens with zero attached hydrogens (tertiary/aromatic N) is 4. The van der Waals surface area contributed by atoms with E-state index < -0.39 is 0 Å². The zero-order valence-electron chi connectivity index (χ0n) is 31.8. The quantitative estimate of drug-likeness (QED) is 0.146. The average molecular weight is 733 g/mol. The maximum Gasteiger partial charge on any atom is 0.160 e. The molecule has 4 nitrogen and oxygen atoms in total. The molecule has 0 bridgehead atoms. The summed E-state index contributed by atoms with van der Waals surface area (Å²) in [6.07, 6.45) is 10.4. The number of benzene rings is 6. The molecule has 3 heterocycles. The van der Waals surface area contributed by atoms with Crippen molar-refractivity contribution in [2.45, 2.75) is 19.8 Å². The van der Waals surface area contributed by atoms with Crippen molar-refractivity contribution in [2.24, 2.45) is 0 Å². The first kappa shape index (κ1) is 34.2. The summed E-state index contributed by atoms with van der Waals surface area (Å²) in [6.45, 7) is 6.22. The molecule has 0 spiro atoms. The van der Waals surface area contributed by atoms with Crippen LogP contribution in [0.5, 0.6) is 0 Å². The molecule has 1 aliphatic rings. The van der Waals surface area contributed by atoms with E-state index in [0.29, 0.717) is 5.82 Å². The Morgan fingerprint density at radius 3 is 1.86 bits per heavy atom. The fourth-order valence-corrected chi connectivity index (χ4v) is 8.53. The summed E-state index contributed by atoms with van der Waals surface area (Å²) < 4.78 is 4.84. The van der Waals surface area contributed by atoms with Crippen molar-refractivity contribution in [1.82, 2.24) is 19.1 Å². The van der Waals surface area contributed by atoms with E-state index in [1.54, 1.807) is 0 Å². The molecule has 1 aliphatic carbocycles. The van der Waals surface area contributed by atoms with Gasteiger partial charge in [0.1, 0.15) is 0 Å². The second-order valence-electron chi connectivity index (χ2n) is 14.6. The Morgan fingerprint density at radius 2 is 1.14 bits per heavy atom. The minimum absolute atomic E-state index is 0.716. The largest absolute Gasteiger partial charge is 0.317 e. The van der Waals surface area contributed by atoms with Crippen molar-refractivity contribution in [3.05, 3.63) is 211 Å². The van der Waals surface area contributed by atoms with E-state index in [1.165, 1.54) is 61.1 Å². The lowest BCUT2D eigenvalue weighted by molar-refractivity contribution is 0.864. The van der Waals surface area contributed by atoms with Crippen LogP contribution in [0.25, 0.3) is 84.8 Å². The van der Waals surface area contributed by atoms with Crippen LogP contribution in [-0.4, -0.2) is 19.1 Å². The third kappa shape index (κ3) is 6.12. The lowest BCUT2D eigenvalue weighted by Crippen LogP contribution is -2.06. The van der Waals surface area contributed by atoms with Crippen LogP contribution in [0.2, 0.25) is 0 Å². The Bertz CT molecular complexity index is 2940. The van der Waals surface area contributed by atoms with Crippen LogP contribution in [0, 0.1) is 6.92 Å². The molecule has 0 amide bonds. The molecule has 0 saturated heterocycles. The van der Waals surface area contributed by atoms with Gasteiger partial charge in [0.15, 0.2) is 5.82 Å². The van der Waals surface area contributed by atoms with Crippen molar-refractivity contribution in [1.29, 1.82) is 0 Å². The summed E-state index contributed by atoms with van der Waals surface area (Å²) in [4.78, 5) is 10.1. The van der Waals surface area contributed by atoms with Crippen molar-refractivity contribution in [3.63, 3.8) is 0 Å². The zero-order chi connectivity index (χ0) is 38.3. The molecule has 4 heteroatoms. The van der Waals surface area contributed by atoms with Gasteiger partial charge in [0.05, 0.1) is 22.4 Å². The van der Waals surface area contributed by atoms with Crippen molar-refractivity contribution in [2.75, 3.05) is 0 Å². The molecule has 57 heavy (non-hydrogen) atoms. The highest BCUT2D eigenvalue weighted by atomic mass is 15.0. The highest BCUT2D eigenvalue weighted by molar-refractivity contribution is 6.10. The molecular weight excluding hydrogens is 693 g/mol. The van der Waals surface area contributed by atoms with Crippen LogP contribution in [0.3, 0.4) is 0 Å². The number of hydrogen-bond donors (Lipinski definition) is 0. The minimum atomic E-state index is 0.716. The molecule has 6 aromatic carbocycles. The maximum absolute atomic E-state index is 5.07. The minimum Gasteiger partial charge on any atom is -0.317 e. The lowest BCUT2D eigenvalue weighted by Gasteiger charge is -2.19. The summed E-state index contributed by atoms with van der Waals surface area (Å²) in [5.74, 6) is 0.716. The van der Waals surface area contributed by atoms with Crippen LogP contribution in [0.15, 0.2) is 183 Å². The number of fused-ring (bicyclic) bond motifs is 4. The van der Waals surface area contributed by atoms with Crippen LogP contribution < -0.4 is 0 Å². The van der Waals surface area contributed by atoms with E-state index >= 15 is 0 Å². The van der Waals surface area contributed by atoms with Crippen LogP contribution in [-0.2, 0) is 6.42 Å². The second-order valence-corrected chi connectivity index (χ2v) is 14.6. The molecule has 3 aromatic heterocycles. The number of para-hydroxylation sites is 2. The SMILES string of the molecule is C=C/C=C\c1c2c(n(-c3ccc(-c4cc(-c5ccccc5)nc(-c5ccccc5)n4)cc3)c1C)CCC(c1ccc3c4ccccc4n(-c4ccccc4)c3c1)=C2. The topological polar surface area (TPSA) is 35.6 Å². The van der Waals surface area contributed by atoms with Gasteiger partial charge in [-0.2, -0.15) is 0 Å². The molecule has 0 atom stereocenters. The van der Waals surface area contributed by atoms with Gasteiger partial charge in [0.25, 0.3) is 0 Å². The number of allylic oxidation sites excluding steroid dienone is 3. The highest BCUT2D eigenvalue weighted by Gasteiger charge is 2.24. The van der Waals surface area contributed by atoms with E-state index in [1.807, 2.05) is 36.4 Å². The van der Waals surface area contributed by atoms with Gasteiger partial charge < -0.3 is 9.13 Å². The van der Waals surface area contributed by atoms with Gasteiger partial charge in [-0.25, -0.2) is 9.97 Å². The van der Waals surface area contributed by atoms with E-state index in [2.05, 4.69) is 174 Å². The van der Waals surface area contributed by atoms with Crippen LogP contribution >= 0.6 is 0 Å². The summed E-state index contributed by atoms with van der Waals surface area (Å²) in [5, 5.41) is 2.54. The maximum atomic E-state index is 5.07. The first-order valence-electron chi connectivity index (χ1n) is 19.6. The van der Waals surface area contributed by atoms with Crippen molar-refractivity contribution < 1.29 is 0 Å². The third-order valence-corrected chi connectivity index (χ3v) is 11.3. The van der Waals surface area contributed by atoms with Gasteiger partial charge in [0.2, 0.25) is 0 Å². The summed E-state index contributed by atoms with van der Waals surface area (Å²) >= 11 is 0. The van der Waals surface area contributed by atoms with Gasteiger partial charge >= 0.3 is 0 Å². The van der Waals surface area contributed by atoms with E-state index in [4.69, 9.17) is 9.97 Å². The standard InChI is InChI=1S/C53H40N4/c1-3-4-22-44-36(2)56(43-29-25-38(26-30-43)49-35-48(37-16-8-5-9-17-37)54-53(55-49)39-18-10-6-11-19-39)51-32-28-40(33-47(44)51)41-27-31-46-45-23-14-15-24-50(45)57(52(46)34-41)42-20-12-7-13-21-42/h3-27,29-31,33-35H,1,28,32H2,2H3/b22-4-. The Kier molecular flexibility index (Phi) is 8.65. The van der Waals surface area contributed by atoms with Gasteiger partial charge in [-0.05, 0) is 79.4 Å². The molecule has 10 rings (SSSR count). The Labute approximate surface area is 333 Å². The molecule has 0 N–H and O–H groups in total. The van der Waals surface area contributed by atoms with Gasteiger partial charge in [-0.3, -0.25) is 0 Å². The smallest absolute Gasteiger partial charge is 0.160 e. The molecule has 0 aliphatic heterocycles. The fourth-order valence-electron chi connectivity index (χ4n) is 8.53. The van der Waals surface area contributed by atoms with Gasteiger partial charge in [0, 0.05) is 61.4 Å². The summed E-state index contributed by atoms with van der Waals surface area (Å²) in [7, 11) is 0. The van der Waals surface area contributed by atoms with E-state index in [0.717, 1.165) is 46.6 Å². The monoisotopic (exact) mass is 732 g/mol. The number of hydrogen-bond acceptors (Lipinski definition) is 2. The van der Waals surface area contributed by atoms with Crippen molar-refractivity contribution >= 4 is 39.5 Å². The van der Waals surface area contributed by atoms with E-state index in [-0.39, 0.29) is 0 Å². The molecule has 0 radical (unpaired) electrons. The molecule has 0 unspecified atom stereocenters. The molecule has 0 fully saturated rings. The Hall–Kier alpha value is -7.30. The zero-order valence-corrected chi connectivity index (χ0v) is 31.8. The summed E-state index contributed by atoms with van der Waals surface area (Å²) in [6, 6.07) is 57.9. The number of aromatic nitrogens is 4. The first-order valence-corrected chi connectivity index (χ1v) is 19.6. The average Bonchev–Trinajstić information content (AvgIpc) is 3.76. The third-order valence-electron chi connectivity index (χ3n) is 11.3. The Morgan fingerprint density at radius 1 is 0.544 bits per heavy atom. The Balaban J connectivity index is 1.06. The molecule has 0 saturated carbocycles. The van der Waals surface area contributed by atoms with Gasteiger partial charge in [-0.15, -0.1) is 0 Å². The number of rotatable bonds is 8. The predicted octanol–water partition coefficient (Wildman–Crippen LogP) is 13.4. The first-order chi connectivity index (χ1) is 28.1. The normalized spacial score (nSPS) is 12.6. The van der Waals surface area contributed by atoms with Crippen LogP contribution in [0.1, 0.15) is 34.5 Å². The van der Waals surface area contributed by atoms with E-state index in [9.17, 15) is 0 Å². The fraction of sp³-hybridized carbons (Fsp3) is 0.0566. The second kappa shape index (κ2) is 14.4. The lowest BCUT2D eigenvalue weighted by atomic mass is 9.90. The highest BCUT2D eigenvalue weighted by Crippen LogP contribution is 2.40. The summed E-state index contributed by atoms with van der Waals surface area (Å²) in [5.41, 5.74) is 17.3. The van der Waals surface area contributed by atoms with Crippen molar-refractivity contribution in [3.8, 4) is 45.3 Å². The molecule has 9 aromatic rings. The molecular formula is C53H40N4.